The Morgan fingerprint density at radius 3 is 2.76 bits per heavy atom. The van der Waals surface area contributed by atoms with Gasteiger partial charge in [0.1, 0.15) is 18.2 Å². The summed E-state index contributed by atoms with van der Waals surface area (Å²) in [5, 5.41) is 0. The van der Waals surface area contributed by atoms with E-state index in [0.717, 1.165) is 10.5 Å². The van der Waals surface area contributed by atoms with Crippen LogP contribution in [0.15, 0.2) is 40.9 Å². The van der Waals surface area contributed by atoms with Crippen LogP contribution in [0.1, 0.15) is 15.9 Å². The Balaban J connectivity index is 2.14. The molecule has 2 aromatic rings. The SMILES string of the molecule is COc1ccc(Br)cc1COC(=O)c1cc(N)ccc1F. The predicted molar refractivity (Wildman–Crippen MR) is 80.6 cm³/mol. The summed E-state index contributed by atoms with van der Waals surface area (Å²) in [6.07, 6.45) is 0. The van der Waals surface area contributed by atoms with E-state index in [9.17, 15) is 9.18 Å². The van der Waals surface area contributed by atoms with Gasteiger partial charge in [-0.2, -0.15) is 0 Å². The molecule has 0 heterocycles. The fraction of sp³-hybridized carbons (Fsp3) is 0.133. The van der Waals surface area contributed by atoms with Crippen molar-refractivity contribution >= 4 is 27.6 Å². The molecule has 2 aromatic carbocycles. The number of esters is 1. The monoisotopic (exact) mass is 353 g/mol. The van der Waals surface area contributed by atoms with E-state index in [-0.39, 0.29) is 12.2 Å². The topological polar surface area (TPSA) is 61.5 Å². The first-order chi connectivity index (χ1) is 10.0. The van der Waals surface area contributed by atoms with E-state index in [4.69, 9.17) is 15.2 Å². The molecule has 0 saturated heterocycles. The van der Waals surface area contributed by atoms with Gasteiger partial charge in [0.05, 0.1) is 12.7 Å². The van der Waals surface area contributed by atoms with Gasteiger partial charge in [0.25, 0.3) is 0 Å². The predicted octanol–water partition coefficient (Wildman–Crippen LogP) is 3.54. The Labute approximate surface area is 129 Å². The van der Waals surface area contributed by atoms with Crippen LogP contribution in [0.2, 0.25) is 0 Å². The van der Waals surface area contributed by atoms with E-state index in [1.165, 1.54) is 19.2 Å². The van der Waals surface area contributed by atoms with E-state index in [2.05, 4.69) is 15.9 Å². The highest BCUT2D eigenvalue weighted by molar-refractivity contribution is 9.10. The third kappa shape index (κ3) is 3.72. The average molecular weight is 354 g/mol. The van der Waals surface area contributed by atoms with Gasteiger partial charge < -0.3 is 15.2 Å². The molecule has 4 nitrogen and oxygen atoms in total. The minimum atomic E-state index is -0.776. The third-order valence-corrected chi connectivity index (χ3v) is 3.30. The molecule has 2 N–H and O–H groups in total. The molecule has 0 aliphatic rings. The molecule has 6 heteroatoms. The second-order valence-electron chi connectivity index (χ2n) is 4.27. The molecular formula is C15H13BrFNO3. The molecule has 0 saturated carbocycles. The summed E-state index contributed by atoms with van der Waals surface area (Å²) in [5.74, 6) is -0.865. The van der Waals surface area contributed by atoms with Gasteiger partial charge in [-0.15, -0.1) is 0 Å². The summed E-state index contributed by atoms with van der Waals surface area (Å²) < 4.78 is 24.7. The van der Waals surface area contributed by atoms with Crippen molar-refractivity contribution in [1.29, 1.82) is 0 Å². The van der Waals surface area contributed by atoms with Gasteiger partial charge in [-0.1, -0.05) is 15.9 Å². The molecule has 0 aliphatic heterocycles. The number of anilines is 1. The van der Waals surface area contributed by atoms with E-state index in [1.807, 2.05) is 6.07 Å². The minimum Gasteiger partial charge on any atom is -0.496 e. The Morgan fingerprint density at radius 2 is 2.05 bits per heavy atom. The molecule has 0 radical (unpaired) electrons. The number of hydrogen-bond acceptors (Lipinski definition) is 4. The second-order valence-corrected chi connectivity index (χ2v) is 5.19. The number of benzene rings is 2. The maximum Gasteiger partial charge on any atom is 0.341 e. The number of nitrogens with two attached hydrogens (primary N) is 1. The van der Waals surface area contributed by atoms with Crippen LogP contribution in [0, 0.1) is 5.82 Å². The lowest BCUT2D eigenvalue weighted by atomic mass is 10.2. The molecule has 2 rings (SSSR count). The van der Waals surface area contributed by atoms with Crippen LogP contribution < -0.4 is 10.5 Å². The summed E-state index contributed by atoms with van der Waals surface area (Å²) in [6.45, 7) is -0.0321. The van der Waals surface area contributed by atoms with Crippen molar-refractivity contribution < 1.29 is 18.7 Å². The normalized spacial score (nSPS) is 10.2. The third-order valence-electron chi connectivity index (χ3n) is 2.81. The van der Waals surface area contributed by atoms with Gasteiger partial charge in [-0.05, 0) is 36.4 Å². The highest BCUT2D eigenvalue weighted by atomic mass is 79.9. The molecule has 0 amide bonds. The molecule has 110 valence electrons. The first kappa shape index (κ1) is 15.3. The Morgan fingerprint density at radius 1 is 1.29 bits per heavy atom. The van der Waals surface area contributed by atoms with E-state index in [1.54, 1.807) is 12.1 Å². The van der Waals surface area contributed by atoms with E-state index >= 15 is 0 Å². The van der Waals surface area contributed by atoms with Crippen molar-refractivity contribution in [2.24, 2.45) is 0 Å². The largest absolute Gasteiger partial charge is 0.496 e. The Hall–Kier alpha value is -2.08. The van der Waals surface area contributed by atoms with Crippen LogP contribution in [0.3, 0.4) is 0 Å². The smallest absolute Gasteiger partial charge is 0.341 e. The zero-order valence-corrected chi connectivity index (χ0v) is 12.8. The van der Waals surface area contributed by atoms with Gasteiger partial charge in [-0.3, -0.25) is 0 Å². The molecule has 0 atom stereocenters. The van der Waals surface area contributed by atoms with E-state index < -0.39 is 11.8 Å². The van der Waals surface area contributed by atoms with Gasteiger partial charge in [-0.25, -0.2) is 9.18 Å². The van der Waals surface area contributed by atoms with Crippen molar-refractivity contribution in [3.63, 3.8) is 0 Å². The van der Waals surface area contributed by atoms with Gasteiger partial charge in [0.15, 0.2) is 0 Å². The first-order valence-corrected chi connectivity index (χ1v) is 6.85. The number of carbonyl (C=O) groups is 1. The Bertz CT molecular complexity index is 676. The average Bonchev–Trinajstić information content (AvgIpc) is 2.47. The molecule has 0 aromatic heterocycles. The quantitative estimate of drug-likeness (QED) is 0.674. The van der Waals surface area contributed by atoms with Crippen molar-refractivity contribution in [2.75, 3.05) is 12.8 Å². The second kappa shape index (κ2) is 6.58. The highest BCUT2D eigenvalue weighted by Gasteiger charge is 2.15. The van der Waals surface area contributed by atoms with Crippen LogP contribution in [0.25, 0.3) is 0 Å². The zero-order chi connectivity index (χ0) is 15.4. The number of carbonyl (C=O) groups excluding carboxylic acids is 1. The van der Waals surface area contributed by atoms with Crippen molar-refractivity contribution in [2.45, 2.75) is 6.61 Å². The van der Waals surface area contributed by atoms with Gasteiger partial charge in [0.2, 0.25) is 0 Å². The summed E-state index contributed by atoms with van der Waals surface area (Å²) >= 11 is 3.33. The minimum absolute atomic E-state index is 0.0321. The van der Waals surface area contributed by atoms with Crippen LogP contribution in [0.4, 0.5) is 10.1 Å². The fourth-order valence-corrected chi connectivity index (χ4v) is 2.19. The molecule has 21 heavy (non-hydrogen) atoms. The lowest BCUT2D eigenvalue weighted by Gasteiger charge is -2.10. The van der Waals surface area contributed by atoms with Gasteiger partial charge >= 0.3 is 5.97 Å². The van der Waals surface area contributed by atoms with Crippen molar-refractivity contribution in [1.82, 2.24) is 0 Å². The molecule has 0 unspecified atom stereocenters. The number of ether oxygens (including phenoxy) is 2. The standard InChI is InChI=1S/C15H13BrFNO3/c1-20-14-5-2-10(16)6-9(14)8-21-15(19)12-7-11(18)3-4-13(12)17/h2-7H,8,18H2,1H3. The molecule has 0 bridgehead atoms. The fourth-order valence-electron chi connectivity index (χ4n) is 1.78. The summed E-state index contributed by atoms with van der Waals surface area (Å²) in [5.41, 5.74) is 6.31. The maximum atomic E-state index is 13.6. The Kier molecular flexibility index (Phi) is 4.80. The molecule has 0 spiro atoms. The summed E-state index contributed by atoms with van der Waals surface area (Å²) in [7, 11) is 1.52. The molecular weight excluding hydrogens is 341 g/mol. The number of halogens is 2. The van der Waals surface area contributed by atoms with Crippen molar-refractivity contribution in [3.05, 3.63) is 57.8 Å². The number of rotatable bonds is 4. The summed E-state index contributed by atoms with van der Waals surface area (Å²) in [4.78, 5) is 11.9. The van der Waals surface area contributed by atoms with Crippen molar-refractivity contribution in [3.8, 4) is 5.75 Å². The number of nitrogen functional groups attached to an aromatic ring is 1. The zero-order valence-electron chi connectivity index (χ0n) is 11.2. The lowest BCUT2D eigenvalue weighted by Crippen LogP contribution is -2.09. The molecule has 0 aliphatic carbocycles. The number of methoxy groups -OCH3 is 1. The number of hydrogen-bond donors (Lipinski definition) is 1. The highest BCUT2D eigenvalue weighted by Crippen LogP contribution is 2.24. The first-order valence-electron chi connectivity index (χ1n) is 6.06. The lowest BCUT2D eigenvalue weighted by molar-refractivity contribution is 0.0465. The van der Waals surface area contributed by atoms with Gasteiger partial charge in [0, 0.05) is 15.7 Å². The van der Waals surface area contributed by atoms with E-state index in [0.29, 0.717) is 17.0 Å². The maximum absolute atomic E-state index is 13.6. The van der Waals surface area contributed by atoms with Crippen LogP contribution in [-0.4, -0.2) is 13.1 Å². The van der Waals surface area contributed by atoms with Crippen LogP contribution >= 0.6 is 15.9 Å². The van der Waals surface area contributed by atoms with Crippen LogP contribution in [-0.2, 0) is 11.3 Å². The summed E-state index contributed by atoms with van der Waals surface area (Å²) in [6, 6.07) is 9.07. The molecule has 0 fully saturated rings. The van der Waals surface area contributed by atoms with Crippen LogP contribution in [0.5, 0.6) is 5.75 Å².